The minimum absolute atomic E-state index is 0.196. The third-order valence-corrected chi connectivity index (χ3v) is 3.83. The first kappa shape index (κ1) is 17.7. The highest BCUT2D eigenvalue weighted by Crippen LogP contribution is 2.21. The fourth-order valence-electron chi connectivity index (χ4n) is 2.72. The quantitative estimate of drug-likeness (QED) is 0.777. The molecule has 5 nitrogen and oxygen atoms in total. The van der Waals surface area contributed by atoms with Crippen LogP contribution in [0.2, 0.25) is 0 Å². The second-order valence-electron chi connectivity index (χ2n) is 7.14. The molecule has 23 heavy (non-hydrogen) atoms. The predicted octanol–water partition coefficient (Wildman–Crippen LogP) is 3.64. The van der Waals surface area contributed by atoms with E-state index in [4.69, 9.17) is 9.47 Å². The summed E-state index contributed by atoms with van der Waals surface area (Å²) in [7, 11) is 0. The van der Waals surface area contributed by atoms with Crippen LogP contribution >= 0.6 is 0 Å². The van der Waals surface area contributed by atoms with E-state index in [-0.39, 0.29) is 6.09 Å². The van der Waals surface area contributed by atoms with Crippen LogP contribution < -0.4 is 0 Å². The van der Waals surface area contributed by atoms with Gasteiger partial charge in [0.05, 0.1) is 6.61 Å². The number of pyridine rings is 1. The lowest BCUT2D eigenvalue weighted by atomic mass is 9.95. The summed E-state index contributed by atoms with van der Waals surface area (Å²) in [4.78, 5) is 18.0. The molecule has 1 aromatic heterocycles. The molecular weight excluding hydrogens is 292 g/mol. The average Bonchev–Trinajstić information content (AvgIpc) is 2.51. The van der Waals surface area contributed by atoms with Crippen molar-refractivity contribution in [3.63, 3.8) is 0 Å². The third kappa shape index (κ3) is 6.57. The summed E-state index contributed by atoms with van der Waals surface area (Å²) >= 11 is 0. The van der Waals surface area contributed by atoms with Crippen molar-refractivity contribution < 1.29 is 14.3 Å². The van der Waals surface area contributed by atoms with Crippen LogP contribution in [0.4, 0.5) is 4.79 Å². The van der Waals surface area contributed by atoms with Gasteiger partial charge in [-0.05, 0) is 57.6 Å². The molecule has 2 heterocycles. The zero-order valence-corrected chi connectivity index (χ0v) is 14.5. The summed E-state index contributed by atoms with van der Waals surface area (Å²) < 4.78 is 11.2. The highest BCUT2D eigenvalue weighted by Gasteiger charge is 2.27. The molecule has 0 bridgehead atoms. The fourth-order valence-corrected chi connectivity index (χ4v) is 2.72. The Bertz CT molecular complexity index is 485. The molecule has 0 spiro atoms. The molecule has 1 aliphatic heterocycles. The minimum Gasteiger partial charge on any atom is -0.444 e. The molecule has 1 aromatic rings. The number of amides is 1. The number of carbonyl (C=O) groups excluding carboxylic acids is 1. The Hall–Kier alpha value is -1.62. The van der Waals surface area contributed by atoms with E-state index in [1.54, 1.807) is 6.20 Å². The normalized spacial score (nSPS) is 18.7. The van der Waals surface area contributed by atoms with Crippen LogP contribution in [-0.2, 0) is 16.1 Å². The predicted molar refractivity (Wildman–Crippen MR) is 89.0 cm³/mol. The van der Waals surface area contributed by atoms with Crippen molar-refractivity contribution in [2.75, 3.05) is 19.7 Å². The summed E-state index contributed by atoms with van der Waals surface area (Å²) in [6.45, 7) is 8.57. The van der Waals surface area contributed by atoms with Gasteiger partial charge < -0.3 is 14.4 Å². The van der Waals surface area contributed by atoms with E-state index >= 15 is 0 Å². The van der Waals surface area contributed by atoms with Gasteiger partial charge in [-0.3, -0.25) is 4.98 Å². The molecule has 0 unspecified atom stereocenters. The molecule has 0 saturated carbocycles. The topological polar surface area (TPSA) is 51.7 Å². The Balaban J connectivity index is 1.68. The Morgan fingerprint density at radius 3 is 2.96 bits per heavy atom. The Morgan fingerprint density at radius 1 is 1.43 bits per heavy atom. The smallest absolute Gasteiger partial charge is 0.410 e. The molecule has 1 amide bonds. The summed E-state index contributed by atoms with van der Waals surface area (Å²) in [5, 5.41) is 0. The number of aromatic nitrogens is 1. The molecule has 1 saturated heterocycles. The number of hydrogen-bond acceptors (Lipinski definition) is 4. The van der Waals surface area contributed by atoms with Gasteiger partial charge in [0.1, 0.15) is 5.60 Å². The van der Waals surface area contributed by atoms with E-state index in [2.05, 4.69) is 4.98 Å². The molecule has 1 aliphatic rings. The summed E-state index contributed by atoms with van der Waals surface area (Å²) in [6, 6.07) is 3.93. The second kappa shape index (κ2) is 8.29. The number of hydrogen-bond donors (Lipinski definition) is 0. The SMILES string of the molecule is CC(C)(C)OC(=O)N1CCC[C@H](CCOCc2cccnc2)C1. The van der Waals surface area contributed by atoms with Gasteiger partial charge in [-0.2, -0.15) is 0 Å². The van der Waals surface area contributed by atoms with E-state index in [1.165, 1.54) is 0 Å². The van der Waals surface area contributed by atoms with Crippen molar-refractivity contribution in [3.8, 4) is 0 Å². The first-order valence-corrected chi connectivity index (χ1v) is 8.38. The largest absolute Gasteiger partial charge is 0.444 e. The van der Waals surface area contributed by atoms with Crippen LogP contribution in [0, 0.1) is 5.92 Å². The zero-order valence-electron chi connectivity index (χ0n) is 14.5. The van der Waals surface area contributed by atoms with Crippen LogP contribution in [0.25, 0.3) is 0 Å². The van der Waals surface area contributed by atoms with Crippen molar-refractivity contribution in [2.24, 2.45) is 5.92 Å². The van der Waals surface area contributed by atoms with E-state index in [0.29, 0.717) is 19.1 Å². The summed E-state index contributed by atoms with van der Waals surface area (Å²) in [5.74, 6) is 0.491. The summed E-state index contributed by atoms with van der Waals surface area (Å²) in [6.07, 6.45) is 6.54. The van der Waals surface area contributed by atoms with Gasteiger partial charge in [-0.25, -0.2) is 4.79 Å². The van der Waals surface area contributed by atoms with Gasteiger partial charge in [0.15, 0.2) is 0 Å². The number of piperidine rings is 1. The van der Waals surface area contributed by atoms with Crippen molar-refractivity contribution in [2.45, 2.75) is 52.2 Å². The van der Waals surface area contributed by atoms with Crippen molar-refractivity contribution in [1.29, 1.82) is 0 Å². The molecule has 0 aliphatic carbocycles. The molecule has 0 radical (unpaired) electrons. The number of likely N-dealkylation sites (tertiary alicyclic amines) is 1. The third-order valence-electron chi connectivity index (χ3n) is 3.83. The molecular formula is C18H28N2O3. The molecule has 1 fully saturated rings. The Morgan fingerprint density at radius 2 is 2.26 bits per heavy atom. The van der Waals surface area contributed by atoms with Gasteiger partial charge in [-0.15, -0.1) is 0 Å². The van der Waals surface area contributed by atoms with Gasteiger partial charge in [-0.1, -0.05) is 6.07 Å². The van der Waals surface area contributed by atoms with Crippen LogP contribution in [-0.4, -0.2) is 41.3 Å². The number of ether oxygens (including phenoxy) is 2. The molecule has 1 atom stereocenters. The number of nitrogens with zero attached hydrogens (tertiary/aromatic N) is 2. The van der Waals surface area contributed by atoms with Crippen molar-refractivity contribution in [3.05, 3.63) is 30.1 Å². The van der Waals surface area contributed by atoms with Gasteiger partial charge >= 0.3 is 6.09 Å². The van der Waals surface area contributed by atoms with Crippen molar-refractivity contribution in [1.82, 2.24) is 9.88 Å². The molecule has 5 heteroatoms. The highest BCUT2D eigenvalue weighted by atomic mass is 16.6. The lowest BCUT2D eigenvalue weighted by molar-refractivity contribution is 0.0135. The van der Waals surface area contributed by atoms with Crippen LogP contribution in [0.15, 0.2) is 24.5 Å². The molecule has 128 valence electrons. The first-order chi connectivity index (χ1) is 10.9. The maximum absolute atomic E-state index is 12.1. The molecule has 0 N–H and O–H groups in total. The highest BCUT2D eigenvalue weighted by molar-refractivity contribution is 5.68. The zero-order chi connectivity index (χ0) is 16.7. The van der Waals surface area contributed by atoms with E-state index < -0.39 is 5.60 Å². The second-order valence-corrected chi connectivity index (χ2v) is 7.14. The lowest BCUT2D eigenvalue weighted by Gasteiger charge is -2.34. The summed E-state index contributed by atoms with van der Waals surface area (Å²) in [5.41, 5.74) is 0.656. The Kier molecular flexibility index (Phi) is 6.39. The average molecular weight is 320 g/mol. The first-order valence-electron chi connectivity index (χ1n) is 8.38. The molecule has 0 aromatic carbocycles. The number of carbonyl (C=O) groups is 1. The van der Waals surface area contributed by atoms with E-state index in [0.717, 1.165) is 37.9 Å². The van der Waals surface area contributed by atoms with Gasteiger partial charge in [0, 0.05) is 32.1 Å². The van der Waals surface area contributed by atoms with Crippen LogP contribution in [0.3, 0.4) is 0 Å². The maximum Gasteiger partial charge on any atom is 0.410 e. The van der Waals surface area contributed by atoms with E-state index in [9.17, 15) is 4.79 Å². The fraction of sp³-hybridized carbons (Fsp3) is 0.667. The minimum atomic E-state index is -0.434. The Labute approximate surface area is 139 Å². The maximum atomic E-state index is 12.1. The van der Waals surface area contributed by atoms with Crippen LogP contribution in [0.1, 0.15) is 45.6 Å². The number of rotatable bonds is 5. The van der Waals surface area contributed by atoms with Gasteiger partial charge in [0.25, 0.3) is 0 Å². The van der Waals surface area contributed by atoms with Gasteiger partial charge in [0.2, 0.25) is 0 Å². The van der Waals surface area contributed by atoms with Crippen LogP contribution in [0.5, 0.6) is 0 Å². The molecule has 2 rings (SSSR count). The lowest BCUT2D eigenvalue weighted by Crippen LogP contribution is -2.43. The van der Waals surface area contributed by atoms with E-state index in [1.807, 2.05) is 44.0 Å². The standard InChI is InChI=1S/C18H28N2O3/c1-18(2,3)23-17(21)20-10-5-7-15(13-20)8-11-22-14-16-6-4-9-19-12-16/h4,6,9,12,15H,5,7-8,10-11,13-14H2,1-3H3/t15-/m1/s1. The van der Waals surface area contributed by atoms with Crippen molar-refractivity contribution >= 4 is 6.09 Å². The monoisotopic (exact) mass is 320 g/mol.